The number of hydrogen-bond donors (Lipinski definition) is 1. The first-order valence-corrected chi connectivity index (χ1v) is 15.9. The summed E-state index contributed by atoms with van der Waals surface area (Å²) in [5, 5.41) is 12.9. The molecule has 2 saturated carbocycles. The maximum Gasteiger partial charge on any atom is 0.243 e. The van der Waals surface area contributed by atoms with Crippen molar-refractivity contribution in [3.8, 4) is 17.2 Å². The number of carbonyl (C=O) groups excluding carboxylic acids is 1. The lowest BCUT2D eigenvalue weighted by molar-refractivity contribution is -0.127. The van der Waals surface area contributed by atoms with E-state index < -0.39 is 15.9 Å². The average Bonchev–Trinajstić information content (AvgIpc) is 2.97. The molecule has 1 saturated heterocycles. The molecule has 3 aliphatic rings. The fraction of sp³-hybridized carbons (Fsp3) is 0.548. The van der Waals surface area contributed by atoms with Gasteiger partial charge in [-0.25, -0.2) is 8.42 Å². The molecule has 3 unspecified atom stereocenters. The Balaban J connectivity index is 1.17. The molecule has 0 bridgehead atoms. The van der Waals surface area contributed by atoms with E-state index in [-0.39, 0.29) is 11.8 Å². The van der Waals surface area contributed by atoms with Crippen LogP contribution in [0.25, 0.3) is 11.1 Å². The average molecular weight is 549 g/mol. The number of sulfonamides is 1. The number of nitrogens with zero attached hydrogens (tertiary/aromatic N) is 3. The second kappa shape index (κ2) is 12.2. The van der Waals surface area contributed by atoms with Crippen LogP contribution < -0.4 is 5.32 Å². The van der Waals surface area contributed by atoms with Gasteiger partial charge in [0.1, 0.15) is 0 Å². The lowest BCUT2D eigenvalue weighted by Crippen LogP contribution is -2.46. The fourth-order valence-corrected chi connectivity index (χ4v) is 8.02. The third kappa shape index (κ3) is 6.37. The summed E-state index contributed by atoms with van der Waals surface area (Å²) in [6.45, 7) is 2.80. The molecule has 1 aliphatic heterocycles. The minimum Gasteiger partial charge on any atom is -0.354 e. The molecule has 7 nitrogen and oxygen atoms in total. The van der Waals surface area contributed by atoms with Crippen molar-refractivity contribution >= 4 is 15.9 Å². The topological polar surface area (TPSA) is 93.5 Å². The zero-order valence-electron chi connectivity index (χ0n) is 22.9. The van der Waals surface area contributed by atoms with Crippen LogP contribution in [0.2, 0.25) is 0 Å². The fourth-order valence-electron chi connectivity index (χ4n) is 6.60. The molecular formula is C31H40N4O3S. The Labute approximate surface area is 233 Å². The Morgan fingerprint density at radius 1 is 0.923 bits per heavy atom. The number of carbonyl (C=O) groups is 1. The number of nitrogens with one attached hydrogen (secondary N) is 1. The van der Waals surface area contributed by atoms with Crippen molar-refractivity contribution in [3.05, 3.63) is 54.1 Å². The van der Waals surface area contributed by atoms with E-state index in [1.807, 2.05) is 43.4 Å². The van der Waals surface area contributed by atoms with Crippen LogP contribution in [0.3, 0.4) is 0 Å². The molecular weight excluding hydrogens is 508 g/mol. The summed E-state index contributed by atoms with van der Waals surface area (Å²) in [6.07, 6.45) is 8.34. The van der Waals surface area contributed by atoms with Crippen LogP contribution in [-0.2, 0) is 14.8 Å². The van der Waals surface area contributed by atoms with Gasteiger partial charge in [-0.2, -0.15) is 9.57 Å². The van der Waals surface area contributed by atoms with Crippen molar-refractivity contribution < 1.29 is 13.2 Å². The number of benzene rings is 2. The zero-order chi connectivity index (χ0) is 27.4. The van der Waals surface area contributed by atoms with Crippen LogP contribution in [0.15, 0.2) is 53.4 Å². The number of piperazine rings is 1. The first-order chi connectivity index (χ1) is 18.8. The molecule has 3 fully saturated rings. The number of likely N-dealkylation sites (N-methyl/N-ethyl adjacent to an activating group) is 1. The summed E-state index contributed by atoms with van der Waals surface area (Å²) in [5.74, 6) is 1.27. The molecule has 2 aromatic carbocycles. The van der Waals surface area contributed by atoms with E-state index in [0.717, 1.165) is 55.0 Å². The highest BCUT2D eigenvalue weighted by Crippen LogP contribution is 2.42. The highest BCUT2D eigenvalue weighted by Gasteiger charge is 2.35. The molecule has 0 spiro atoms. The Hall–Kier alpha value is -2.73. The normalized spacial score (nSPS) is 25.3. The minimum atomic E-state index is -3.50. The molecule has 1 N–H and O–H groups in total. The van der Waals surface area contributed by atoms with Crippen molar-refractivity contribution in [2.75, 3.05) is 39.8 Å². The molecule has 39 heavy (non-hydrogen) atoms. The number of nitriles is 1. The van der Waals surface area contributed by atoms with Gasteiger partial charge in [0.15, 0.2) is 0 Å². The maximum atomic E-state index is 13.0. The van der Waals surface area contributed by atoms with Gasteiger partial charge < -0.3 is 10.2 Å². The number of rotatable bonds is 7. The van der Waals surface area contributed by atoms with Gasteiger partial charge in [0, 0.05) is 38.6 Å². The van der Waals surface area contributed by atoms with Gasteiger partial charge in [-0.05, 0) is 67.0 Å². The lowest BCUT2D eigenvalue weighted by Gasteiger charge is -2.38. The Bertz CT molecular complexity index is 1280. The third-order valence-corrected chi connectivity index (χ3v) is 11.1. The molecule has 2 aromatic rings. The Morgan fingerprint density at radius 2 is 1.54 bits per heavy atom. The largest absolute Gasteiger partial charge is 0.354 e. The van der Waals surface area contributed by atoms with Gasteiger partial charge in [-0.1, -0.05) is 62.1 Å². The zero-order valence-corrected chi connectivity index (χ0v) is 23.7. The van der Waals surface area contributed by atoms with E-state index >= 15 is 0 Å². The van der Waals surface area contributed by atoms with Crippen LogP contribution in [0, 0.1) is 29.1 Å². The molecule has 5 rings (SSSR count). The van der Waals surface area contributed by atoms with Crippen molar-refractivity contribution in [1.82, 2.24) is 14.5 Å². The van der Waals surface area contributed by atoms with Crippen LogP contribution in [0.1, 0.15) is 56.4 Å². The Morgan fingerprint density at radius 3 is 2.18 bits per heavy atom. The SMILES string of the molecule is CN1CCN(S(=O)(=O)c2ccc(-c3ccc([C@@H](C#N)CNC(=O)C4CCC5CCCCC5C4)cc3)cc2)CC1. The van der Waals surface area contributed by atoms with Gasteiger partial charge in [0.25, 0.3) is 0 Å². The van der Waals surface area contributed by atoms with Gasteiger partial charge in [-0.15, -0.1) is 0 Å². The molecule has 1 heterocycles. The van der Waals surface area contributed by atoms with Gasteiger partial charge in [0.05, 0.1) is 16.9 Å². The predicted octanol–water partition coefficient (Wildman–Crippen LogP) is 4.62. The predicted molar refractivity (Wildman–Crippen MR) is 152 cm³/mol. The molecule has 0 aromatic heterocycles. The van der Waals surface area contributed by atoms with E-state index in [1.54, 1.807) is 16.4 Å². The molecule has 4 atom stereocenters. The standard InChI is InChI=1S/C31H40N4O3S/c1-34-16-18-35(19-17-34)39(37,38)30-14-12-25(13-15-30)24-6-8-26(9-7-24)29(21-32)22-33-31(36)28-11-10-23-4-2-3-5-27(23)20-28/h6-9,12-15,23,27-29H,2-5,10-11,16-20,22H2,1H3,(H,33,36)/t23?,27?,28?,29-/m0/s1. The second-order valence-electron chi connectivity index (χ2n) is 11.6. The van der Waals surface area contributed by atoms with Crippen LogP contribution in [0.5, 0.6) is 0 Å². The molecule has 2 aliphatic carbocycles. The van der Waals surface area contributed by atoms with Gasteiger partial charge in [0.2, 0.25) is 15.9 Å². The lowest BCUT2D eigenvalue weighted by atomic mass is 9.67. The highest BCUT2D eigenvalue weighted by molar-refractivity contribution is 7.89. The summed E-state index contributed by atoms with van der Waals surface area (Å²) < 4.78 is 27.6. The first kappa shape index (κ1) is 27.8. The maximum absolute atomic E-state index is 13.0. The van der Waals surface area contributed by atoms with E-state index in [2.05, 4.69) is 16.3 Å². The minimum absolute atomic E-state index is 0.0779. The van der Waals surface area contributed by atoms with E-state index in [9.17, 15) is 18.5 Å². The summed E-state index contributed by atoms with van der Waals surface area (Å²) in [4.78, 5) is 15.3. The van der Waals surface area contributed by atoms with Crippen molar-refractivity contribution in [2.45, 2.75) is 55.8 Å². The quantitative estimate of drug-likeness (QED) is 0.545. The van der Waals surface area contributed by atoms with Gasteiger partial charge in [-0.3, -0.25) is 4.79 Å². The van der Waals surface area contributed by atoms with Crippen LogP contribution in [0.4, 0.5) is 0 Å². The van der Waals surface area contributed by atoms with E-state index in [4.69, 9.17) is 0 Å². The van der Waals surface area contributed by atoms with E-state index in [0.29, 0.717) is 30.4 Å². The molecule has 1 amide bonds. The summed E-state index contributed by atoms with van der Waals surface area (Å²) in [5.41, 5.74) is 2.73. The van der Waals surface area contributed by atoms with E-state index in [1.165, 1.54) is 25.7 Å². The Kier molecular flexibility index (Phi) is 8.70. The molecule has 0 radical (unpaired) electrons. The van der Waals surface area contributed by atoms with Crippen LogP contribution >= 0.6 is 0 Å². The summed E-state index contributed by atoms with van der Waals surface area (Å²) in [7, 11) is -1.50. The molecule has 208 valence electrons. The second-order valence-corrected chi connectivity index (χ2v) is 13.5. The van der Waals surface area contributed by atoms with Crippen molar-refractivity contribution in [1.29, 1.82) is 5.26 Å². The van der Waals surface area contributed by atoms with Crippen molar-refractivity contribution in [2.24, 2.45) is 17.8 Å². The number of amides is 1. The summed E-state index contributed by atoms with van der Waals surface area (Å²) >= 11 is 0. The third-order valence-electron chi connectivity index (χ3n) is 9.15. The monoisotopic (exact) mass is 548 g/mol. The first-order valence-electron chi connectivity index (χ1n) is 14.4. The smallest absolute Gasteiger partial charge is 0.243 e. The molecule has 8 heteroatoms. The van der Waals surface area contributed by atoms with Gasteiger partial charge >= 0.3 is 0 Å². The summed E-state index contributed by atoms with van der Waals surface area (Å²) in [6, 6.07) is 17.1. The van der Waals surface area contributed by atoms with Crippen LogP contribution in [-0.4, -0.2) is 63.3 Å². The highest BCUT2D eigenvalue weighted by atomic mass is 32.2. The number of fused-ring (bicyclic) bond motifs is 1. The number of hydrogen-bond acceptors (Lipinski definition) is 5. The van der Waals surface area contributed by atoms with Crippen molar-refractivity contribution in [3.63, 3.8) is 0 Å².